The van der Waals surface area contributed by atoms with Crippen molar-refractivity contribution < 1.29 is 9.63 Å². The molecule has 0 saturated carbocycles. The average molecular weight is 197 g/mol. The van der Waals surface area contributed by atoms with E-state index in [4.69, 9.17) is 9.63 Å². The van der Waals surface area contributed by atoms with E-state index in [0.29, 0.717) is 11.8 Å². The molecule has 14 heavy (non-hydrogen) atoms. The Morgan fingerprint density at radius 1 is 1.57 bits per heavy atom. The zero-order chi connectivity index (χ0) is 10.2. The lowest BCUT2D eigenvalue weighted by Crippen LogP contribution is -2.40. The van der Waals surface area contributed by atoms with Crippen molar-refractivity contribution in [2.75, 3.05) is 19.7 Å². The standard InChI is InChI=1S/C9H15N3O2/c1-9(2,5-13)8-11-7(12-14-8)6-3-10-4-6/h6,10,13H,3-5H2,1-2H3. The van der Waals surface area contributed by atoms with Crippen LogP contribution in [-0.2, 0) is 5.41 Å². The van der Waals surface area contributed by atoms with Gasteiger partial charge in [-0.2, -0.15) is 4.98 Å². The van der Waals surface area contributed by atoms with Gasteiger partial charge in [0.15, 0.2) is 5.82 Å². The number of hydrogen-bond acceptors (Lipinski definition) is 5. The van der Waals surface area contributed by atoms with Gasteiger partial charge in [0.1, 0.15) is 0 Å². The lowest BCUT2D eigenvalue weighted by atomic mass is 9.95. The number of hydrogen-bond donors (Lipinski definition) is 2. The predicted molar refractivity (Wildman–Crippen MR) is 50.0 cm³/mol. The van der Waals surface area contributed by atoms with Crippen LogP contribution in [0.3, 0.4) is 0 Å². The second kappa shape index (κ2) is 3.33. The van der Waals surface area contributed by atoms with E-state index in [1.54, 1.807) is 0 Å². The molecule has 0 unspecified atom stereocenters. The summed E-state index contributed by atoms with van der Waals surface area (Å²) >= 11 is 0. The summed E-state index contributed by atoms with van der Waals surface area (Å²) in [5.74, 6) is 1.64. The van der Waals surface area contributed by atoms with E-state index in [9.17, 15) is 0 Å². The highest BCUT2D eigenvalue weighted by molar-refractivity contribution is 5.07. The molecule has 1 fully saturated rings. The topological polar surface area (TPSA) is 71.2 Å². The Morgan fingerprint density at radius 3 is 2.79 bits per heavy atom. The molecule has 2 rings (SSSR count). The van der Waals surface area contributed by atoms with Crippen LogP contribution in [0.5, 0.6) is 0 Å². The van der Waals surface area contributed by atoms with Crippen LogP contribution in [0.25, 0.3) is 0 Å². The maximum absolute atomic E-state index is 9.13. The Balaban J connectivity index is 2.16. The van der Waals surface area contributed by atoms with Crippen LogP contribution in [0.2, 0.25) is 0 Å². The summed E-state index contributed by atoms with van der Waals surface area (Å²) < 4.78 is 5.13. The van der Waals surface area contributed by atoms with Crippen LogP contribution in [0.4, 0.5) is 0 Å². The quantitative estimate of drug-likeness (QED) is 0.715. The van der Waals surface area contributed by atoms with E-state index in [1.165, 1.54) is 0 Å². The van der Waals surface area contributed by atoms with Gasteiger partial charge in [-0.1, -0.05) is 5.16 Å². The van der Waals surface area contributed by atoms with E-state index in [1.807, 2.05) is 13.8 Å². The van der Waals surface area contributed by atoms with Crippen LogP contribution < -0.4 is 5.32 Å². The molecule has 0 atom stereocenters. The molecule has 78 valence electrons. The van der Waals surface area contributed by atoms with Crippen LogP contribution in [0.1, 0.15) is 31.5 Å². The van der Waals surface area contributed by atoms with Gasteiger partial charge in [0.05, 0.1) is 12.0 Å². The molecule has 1 aromatic rings. The molecule has 0 radical (unpaired) electrons. The third-order valence-corrected chi connectivity index (χ3v) is 2.56. The van der Waals surface area contributed by atoms with Gasteiger partial charge >= 0.3 is 0 Å². The first-order valence-electron chi connectivity index (χ1n) is 4.79. The first kappa shape index (κ1) is 9.61. The van der Waals surface area contributed by atoms with Gasteiger partial charge in [0, 0.05) is 19.0 Å². The molecular formula is C9H15N3O2. The second-order valence-corrected chi connectivity index (χ2v) is 4.35. The molecule has 0 aliphatic carbocycles. The van der Waals surface area contributed by atoms with Crippen LogP contribution in [0, 0.1) is 0 Å². The molecule has 0 spiro atoms. The van der Waals surface area contributed by atoms with E-state index >= 15 is 0 Å². The summed E-state index contributed by atoms with van der Waals surface area (Å²) in [5, 5.41) is 16.2. The largest absolute Gasteiger partial charge is 0.395 e. The third kappa shape index (κ3) is 1.53. The fraction of sp³-hybridized carbons (Fsp3) is 0.778. The van der Waals surface area contributed by atoms with E-state index in [-0.39, 0.29) is 6.61 Å². The fourth-order valence-electron chi connectivity index (χ4n) is 1.21. The Morgan fingerprint density at radius 2 is 2.29 bits per heavy atom. The van der Waals surface area contributed by atoms with Crippen molar-refractivity contribution in [3.8, 4) is 0 Å². The number of rotatable bonds is 3. The molecule has 5 nitrogen and oxygen atoms in total. The van der Waals surface area contributed by atoms with Gasteiger partial charge in [-0.25, -0.2) is 0 Å². The molecule has 0 bridgehead atoms. The SMILES string of the molecule is CC(C)(CO)c1nc(C2CNC2)no1. The minimum Gasteiger partial charge on any atom is -0.395 e. The molecule has 2 heterocycles. The summed E-state index contributed by atoms with van der Waals surface area (Å²) in [6.45, 7) is 5.60. The third-order valence-electron chi connectivity index (χ3n) is 2.56. The fourth-order valence-corrected chi connectivity index (χ4v) is 1.21. The van der Waals surface area contributed by atoms with Gasteiger partial charge in [0.2, 0.25) is 5.89 Å². The van der Waals surface area contributed by atoms with E-state index in [2.05, 4.69) is 15.5 Å². The number of aliphatic hydroxyl groups is 1. The molecular weight excluding hydrogens is 182 g/mol. The lowest BCUT2D eigenvalue weighted by molar-refractivity contribution is 0.181. The zero-order valence-electron chi connectivity index (χ0n) is 8.45. The minimum atomic E-state index is -0.442. The van der Waals surface area contributed by atoms with Gasteiger partial charge in [-0.15, -0.1) is 0 Å². The van der Waals surface area contributed by atoms with Gasteiger partial charge < -0.3 is 14.9 Å². The maximum Gasteiger partial charge on any atom is 0.234 e. The molecule has 0 amide bonds. The Hall–Kier alpha value is -0.940. The van der Waals surface area contributed by atoms with Gasteiger partial charge in [-0.05, 0) is 13.8 Å². The Bertz CT molecular complexity index is 318. The van der Waals surface area contributed by atoms with Crippen molar-refractivity contribution in [1.29, 1.82) is 0 Å². The number of nitrogens with zero attached hydrogens (tertiary/aromatic N) is 2. The van der Waals surface area contributed by atoms with Crippen molar-refractivity contribution in [1.82, 2.24) is 15.5 Å². The van der Waals surface area contributed by atoms with Gasteiger partial charge in [0.25, 0.3) is 0 Å². The summed E-state index contributed by atoms with van der Waals surface area (Å²) in [6, 6.07) is 0. The lowest BCUT2D eigenvalue weighted by Gasteiger charge is -2.23. The second-order valence-electron chi connectivity index (χ2n) is 4.35. The predicted octanol–water partition coefficient (Wildman–Crippen LogP) is 0.0263. The van der Waals surface area contributed by atoms with Crippen LogP contribution >= 0.6 is 0 Å². The molecule has 1 saturated heterocycles. The molecule has 1 aliphatic heterocycles. The number of aromatic nitrogens is 2. The zero-order valence-corrected chi connectivity index (χ0v) is 8.45. The molecule has 1 aliphatic rings. The highest BCUT2D eigenvalue weighted by Crippen LogP contribution is 2.23. The monoisotopic (exact) mass is 197 g/mol. The first-order valence-corrected chi connectivity index (χ1v) is 4.79. The molecule has 2 N–H and O–H groups in total. The molecule has 5 heteroatoms. The van der Waals surface area contributed by atoms with Crippen molar-refractivity contribution in [3.63, 3.8) is 0 Å². The Kier molecular flexibility index (Phi) is 2.28. The Labute approximate surface area is 82.5 Å². The van der Waals surface area contributed by atoms with Crippen molar-refractivity contribution in [3.05, 3.63) is 11.7 Å². The summed E-state index contributed by atoms with van der Waals surface area (Å²) in [7, 11) is 0. The average Bonchev–Trinajstić information content (AvgIpc) is 2.51. The highest BCUT2D eigenvalue weighted by Gasteiger charge is 2.30. The van der Waals surface area contributed by atoms with Crippen LogP contribution in [0.15, 0.2) is 4.52 Å². The summed E-state index contributed by atoms with van der Waals surface area (Å²) in [6.07, 6.45) is 0. The number of aliphatic hydroxyl groups excluding tert-OH is 1. The van der Waals surface area contributed by atoms with Gasteiger partial charge in [-0.3, -0.25) is 0 Å². The summed E-state index contributed by atoms with van der Waals surface area (Å²) in [5.41, 5.74) is -0.442. The minimum absolute atomic E-state index is 0.0115. The van der Waals surface area contributed by atoms with Crippen molar-refractivity contribution >= 4 is 0 Å². The summed E-state index contributed by atoms with van der Waals surface area (Å²) in [4.78, 5) is 4.30. The van der Waals surface area contributed by atoms with Crippen molar-refractivity contribution in [2.24, 2.45) is 0 Å². The smallest absolute Gasteiger partial charge is 0.234 e. The maximum atomic E-state index is 9.13. The van der Waals surface area contributed by atoms with E-state index in [0.717, 1.165) is 18.9 Å². The molecule has 0 aromatic carbocycles. The normalized spacial score (nSPS) is 18.2. The molecule has 1 aromatic heterocycles. The van der Waals surface area contributed by atoms with Crippen molar-refractivity contribution in [2.45, 2.75) is 25.2 Å². The number of nitrogens with one attached hydrogen (secondary N) is 1. The first-order chi connectivity index (χ1) is 6.63. The van der Waals surface area contributed by atoms with Crippen LogP contribution in [-0.4, -0.2) is 34.9 Å². The van der Waals surface area contributed by atoms with E-state index < -0.39 is 5.41 Å². The highest BCUT2D eigenvalue weighted by atomic mass is 16.5.